The summed E-state index contributed by atoms with van der Waals surface area (Å²) in [6, 6.07) is 3.48. The van der Waals surface area contributed by atoms with Crippen LogP contribution in [0.25, 0.3) is 0 Å². The molecule has 1 aliphatic carbocycles. The first-order valence-electron chi connectivity index (χ1n) is 6.97. The van der Waals surface area contributed by atoms with Crippen molar-refractivity contribution in [2.45, 2.75) is 45.7 Å². The van der Waals surface area contributed by atoms with E-state index >= 15 is 0 Å². The van der Waals surface area contributed by atoms with Crippen molar-refractivity contribution in [1.29, 1.82) is 0 Å². The van der Waals surface area contributed by atoms with E-state index in [1.165, 1.54) is 18.9 Å². The van der Waals surface area contributed by atoms with E-state index in [2.05, 4.69) is 19.2 Å². The molecule has 0 saturated heterocycles. The molecule has 2 rings (SSSR count). The van der Waals surface area contributed by atoms with Crippen LogP contribution in [0.4, 0.5) is 0 Å². The van der Waals surface area contributed by atoms with Crippen molar-refractivity contribution in [3.8, 4) is 17.2 Å². The van der Waals surface area contributed by atoms with Gasteiger partial charge in [0.15, 0.2) is 11.5 Å². The molecule has 1 fully saturated rings. The summed E-state index contributed by atoms with van der Waals surface area (Å²) in [4.78, 5) is 0. The predicted octanol–water partition coefficient (Wildman–Crippen LogP) is 2.72. The highest BCUT2D eigenvalue weighted by molar-refractivity contribution is 5.53. The minimum Gasteiger partial charge on any atom is -0.504 e. The largest absolute Gasteiger partial charge is 0.504 e. The Bertz CT molecular complexity index is 447. The van der Waals surface area contributed by atoms with E-state index in [1.54, 1.807) is 6.07 Å². The van der Waals surface area contributed by atoms with E-state index in [9.17, 15) is 15.3 Å². The van der Waals surface area contributed by atoms with Crippen molar-refractivity contribution in [2.24, 2.45) is 11.8 Å². The molecule has 1 aromatic rings. The molecule has 3 atom stereocenters. The van der Waals surface area contributed by atoms with Crippen LogP contribution in [0, 0.1) is 11.8 Å². The number of phenols is 3. The van der Waals surface area contributed by atoms with Crippen LogP contribution in [0.2, 0.25) is 0 Å². The molecule has 1 saturated carbocycles. The molecule has 19 heavy (non-hydrogen) atoms. The molecule has 0 heterocycles. The standard InChI is InChI=1S/C15H23NO3/c1-9-4-3-5-12(10(9)2)16-8-11-6-7-13(17)15(19)14(11)18/h6-7,9-10,12,16-19H,3-5,8H2,1-2H3. The Balaban J connectivity index is 2.01. The van der Waals surface area contributed by atoms with Crippen molar-refractivity contribution < 1.29 is 15.3 Å². The summed E-state index contributed by atoms with van der Waals surface area (Å²) in [7, 11) is 0. The number of nitrogens with one attached hydrogen (secondary N) is 1. The molecular weight excluding hydrogens is 242 g/mol. The van der Waals surface area contributed by atoms with E-state index in [0.29, 0.717) is 30.0 Å². The van der Waals surface area contributed by atoms with Gasteiger partial charge in [-0.3, -0.25) is 0 Å². The average Bonchev–Trinajstić information content (AvgIpc) is 2.40. The number of rotatable bonds is 3. The fraction of sp³-hybridized carbons (Fsp3) is 0.600. The van der Waals surface area contributed by atoms with Crippen LogP contribution < -0.4 is 5.32 Å². The van der Waals surface area contributed by atoms with Crippen LogP contribution in [-0.2, 0) is 6.54 Å². The van der Waals surface area contributed by atoms with Gasteiger partial charge in [0.1, 0.15) is 0 Å². The Morgan fingerprint density at radius 3 is 2.58 bits per heavy atom. The molecule has 106 valence electrons. The van der Waals surface area contributed by atoms with Gasteiger partial charge in [-0.05, 0) is 24.3 Å². The first-order chi connectivity index (χ1) is 9.00. The third kappa shape index (κ3) is 2.95. The van der Waals surface area contributed by atoms with Crippen molar-refractivity contribution in [1.82, 2.24) is 5.32 Å². The van der Waals surface area contributed by atoms with Crippen LogP contribution in [0.3, 0.4) is 0 Å². The summed E-state index contributed by atoms with van der Waals surface area (Å²) >= 11 is 0. The van der Waals surface area contributed by atoms with E-state index in [-0.39, 0.29) is 11.5 Å². The number of hydrogen-bond donors (Lipinski definition) is 4. The maximum atomic E-state index is 9.78. The molecule has 0 bridgehead atoms. The highest BCUT2D eigenvalue weighted by Crippen LogP contribution is 2.37. The topological polar surface area (TPSA) is 72.7 Å². The van der Waals surface area contributed by atoms with Gasteiger partial charge < -0.3 is 20.6 Å². The Morgan fingerprint density at radius 2 is 1.84 bits per heavy atom. The molecule has 0 radical (unpaired) electrons. The summed E-state index contributed by atoms with van der Waals surface area (Å²) in [6.07, 6.45) is 3.66. The summed E-state index contributed by atoms with van der Waals surface area (Å²) in [5.41, 5.74) is 0.612. The number of hydrogen-bond acceptors (Lipinski definition) is 4. The van der Waals surface area contributed by atoms with E-state index in [4.69, 9.17) is 0 Å². The summed E-state index contributed by atoms with van der Waals surface area (Å²) in [5, 5.41) is 32.0. The van der Waals surface area contributed by atoms with Crippen molar-refractivity contribution in [3.05, 3.63) is 17.7 Å². The smallest absolute Gasteiger partial charge is 0.200 e. The highest BCUT2D eigenvalue weighted by atomic mass is 16.3. The minimum atomic E-state index is -0.440. The second-order valence-electron chi connectivity index (χ2n) is 5.70. The second kappa shape index (κ2) is 5.70. The average molecular weight is 265 g/mol. The van der Waals surface area contributed by atoms with Gasteiger partial charge in [0, 0.05) is 18.2 Å². The van der Waals surface area contributed by atoms with Gasteiger partial charge in [0.25, 0.3) is 0 Å². The fourth-order valence-corrected chi connectivity index (χ4v) is 2.86. The van der Waals surface area contributed by atoms with Gasteiger partial charge in [0.2, 0.25) is 5.75 Å². The third-order valence-corrected chi connectivity index (χ3v) is 4.48. The van der Waals surface area contributed by atoms with Crippen LogP contribution in [0.15, 0.2) is 12.1 Å². The third-order valence-electron chi connectivity index (χ3n) is 4.48. The highest BCUT2D eigenvalue weighted by Gasteiger charge is 2.26. The lowest BCUT2D eigenvalue weighted by molar-refractivity contribution is 0.205. The number of aromatic hydroxyl groups is 3. The molecule has 0 aromatic heterocycles. The first-order valence-corrected chi connectivity index (χ1v) is 6.97. The SMILES string of the molecule is CC1CCCC(NCc2ccc(O)c(O)c2O)C1C. The molecule has 4 heteroatoms. The normalized spacial score (nSPS) is 27.4. The van der Waals surface area contributed by atoms with E-state index in [1.807, 2.05) is 0 Å². The van der Waals surface area contributed by atoms with Crippen LogP contribution in [0.5, 0.6) is 17.2 Å². The van der Waals surface area contributed by atoms with Gasteiger partial charge in [-0.15, -0.1) is 0 Å². The molecular formula is C15H23NO3. The monoisotopic (exact) mass is 265 g/mol. The Labute approximate surface area is 114 Å². The van der Waals surface area contributed by atoms with Gasteiger partial charge in [-0.1, -0.05) is 32.8 Å². The van der Waals surface area contributed by atoms with Gasteiger partial charge in [-0.25, -0.2) is 0 Å². The minimum absolute atomic E-state index is 0.232. The molecule has 4 N–H and O–H groups in total. The second-order valence-corrected chi connectivity index (χ2v) is 5.70. The summed E-state index contributed by atoms with van der Waals surface area (Å²) in [6.45, 7) is 5.04. The van der Waals surface area contributed by atoms with Gasteiger partial charge in [-0.2, -0.15) is 0 Å². The van der Waals surface area contributed by atoms with E-state index < -0.39 is 5.75 Å². The van der Waals surface area contributed by atoms with Crippen LogP contribution in [-0.4, -0.2) is 21.4 Å². The van der Waals surface area contributed by atoms with Gasteiger partial charge >= 0.3 is 0 Å². The first kappa shape index (κ1) is 14.0. The molecule has 4 nitrogen and oxygen atoms in total. The zero-order chi connectivity index (χ0) is 14.0. The zero-order valence-corrected chi connectivity index (χ0v) is 11.6. The fourth-order valence-electron chi connectivity index (χ4n) is 2.86. The van der Waals surface area contributed by atoms with Crippen molar-refractivity contribution >= 4 is 0 Å². The van der Waals surface area contributed by atoms with E-state index in [0.717, 1.165) is 6.42 Å². The lowest BCUT2D eigenvalue weighted by Crippen LogP contribution is -2.40. The molecule has 1 aliphatic rings. The van der Waals surface area contributed by atoms with Gasteiger partial charge in [0.05, 0.1) is 0 Å². The predicted molar refractivity (Wildman–Crippen MR) is 74.2 cm³/mol. The molecule has 0 spiro atoms. The Morgan fingerprint density at radius 1 is 1.11 bits per heavy atom. The molecule has 1 aromatic carbocycles. The number of phenolic OH excluding ortho intramolecular Hbond substituents is 3. The van der Waals surface area contributed by atoms with Crippen molar-refractivity contribution in [2.75, 3.05) is 0 Å². The number of benzene rings is 1. The molecule has 3 unspecified atom stereocenters. The summed E-state index contributed by atoms with van der Waals surface area (Å²) in [5.74, 6) is 0.365. The quantitative estimate of drug-likeness (QED) is 0.634. The molecule has 0 amide bonds. The maximum Gasteiger partial charge on any atom is 0.200 e. The van der Waals surface area contributed by atoms with Crippen LogP contribution >= 0.6 is 0 Å². The zero-order valence-electron chi connectivity index (χ0n) is 11.6. The Kier molecular flexibility index (Phi) is 4.20. The lowest BCUT2D eigenvalue weighted by atomic mass is 9.78. The summed E-state index contributed by atoms with van der Waals surface area (Å²) < 4.78 is 0. The Hall–Kier alpha value is -1.42. The molecule has 0 aliphatic heterocycles. The lowest BCUT2D eigenvalue weighted by Gasteiger charge is -2.34. The maximum absolute atomic E-state index is 9.78. The van der Waals surface area contributed by atoms with Crippen molar-refractivity contribution in [3.63, 3.8) is 0 Å². The van der Waals surface area contributed by atoms with Crippen LogP contribution in [0.1, 0.15) is 38.7 Å².